The summed E-state index contributed by atoms with van der Waals surface area (Å²) >= 11 is 2.06. The van der Waals surface area contributed by atoms with Crippen LogP contribution in [0.3, 0.4) is 0 Å². The number of alkyl carbamates (subject to hydrolysis) is 1. The number of benzene rings is 1. The van der Waals surface area contributed by atoms with Crippen LogP contribution in [-0.2, 0) is 30.3 Å². The Morgan fingerprint density at radius 2 is 1.55 bits per heavy atom. The number of hydrogen-bond acceptors (Lipinski definition) is 9. The maximum Gasteiger partial charge on any atom is 0.410 e. The molecule has 0 bridgehead atoms. The van der Waals surface area contributed by atoms with Gasteiger partial charge in [-0.1, -0.05) is 6.07 Å². The van der Waals surface area contributed by atoms with Crippen LogP contribution in [0.2, 0.25) is 0 Å². The van der Waals surface area contributed by atoms with Crippen LogP contribution < -0.4 is 14.8 Å². The minimum Gasteiger partial charge on any atom is -0.426 e. The Kier molecular flexibility index (Phi) is 10.7. The van der Waals surface area contributed by atoms with Crippen molar-refractivity contribution in [3.63, 3.8) is 0 Å². The fraction of sp³-hybridized carbons (Fsp3) is 0.481. The van der Waals surface area contributed by atoms with E-state index in [2.05, 4.69) is 27.9 Å². The highest BCUT2D eigenvalue weighted by atomic mass is 127. The topological polar surface area (TPSA) is 120 Å². The number of halogens is 1. The van der Waals surface area contributed by atoms with E-state index in [9.17, 15) is 19.2 Å². The number of hydrogen-bond donors (Lipinski definition) is 1. The summed E-state index contributed by atoms with van der Waals surface area (Å²) in [6.45, 7) is 9.98. The molecule has 1 aromatic carbocycles. The largest absolute Gasteiger partial charge is 0.426 e. The van der Waals surface area contributed by atoms with E-state index in [1.54, 1.807) is 84.0 Å². The summed E-state index contributed by atoms with van der Waals surface area (Å²) < 4.78 is 21.8. The Hall–Kier alpha value is -3.09. The molecule has 0 aliphatic carbocycles. The zero-order chi connectivity index (χ0) is 28.7. The molecule has 0 spiro atoms. The SMILES string of the molecule is CN1C=CC=C(I)C1C(=O)OCOC(=O)NCCc1ccc(OC(=O)C(C)(C)C)c(OC(=O)C(C)(C)C)c1. The number of esters is 3. The minimum atomic E-state index is -0.770. The predicted molar refractivity (Wildman–Crippen MR) is 149 cm³/mol. The third-order valence-corrected chi connectivity index (χ3v) is 6.13. The van der Waals surface area contributed by atoms with Crippen molar-refractivity contribution >= 4 is 46.6 Å². The van der Waals surface area contributed by atoms with Gasteiger partial charge in [0.25, 0.3) is 0 Å². The molecule has 2 rings (SSSR count). The van der Waals surface area contributed by atoms with Crippen LogP contribution in [-0.4, -0.2) is 55.3 Å². The Bertz CT molecular complexity index is 1120. The van der Waals surface area contributed by atoms with Gasteiger partial charge in [0.2, 0.25) is 6.79 Å². The Labute approximate surface area is 236 Å². The lowest BCUT2D eigenvalue weighted by Crippen LogP contribution is -2.38. The van der Waals surface area contributed by atoms with Crippen molar-refractivity contribution in [2.75, 3.05) is 20.4 Å². The smallest absolute Gasteiger partial charge is 0.410 e. The summed E-state index contributed by atoms with van der Waals surface area (Å²) in [6, 6.07) is 4.27. The van der Waals surface area contributed by atoms with Gasteiger partial charge in [0.1, 0.15) is 0 Å². The lowest BCUT2D eigenvalue weighted by molar-refractivity contribution is -0.155. The van der Waals surface area contributed by atoms with Gasteiger partial charge >= 0.3 is 24.0 Å². The molecule has 1 aliphatic rings. The zero-order valence-corrected chi connectivity index (χ0v) is 24.9. The van der Waals surface area contributed by atoms with E-state index in [1.165, 1.54) is 0 Å². The first kappa shape index (κ1) is 31.1. The van der Waals surface area contributed by atoms with E-state index in [0.29, 0.717) is 6.42 Å². The van der Waals surface area contributed by atoms with E-state index in [1.807, 2.05) is 6.08 Å². The normalized spacial score (nSPS) is 15.3. The van der Waals surface area contributed by atoms with Crippen molar-refractivity contribution in [2.24, 2.45) is 10.8 Å². The Morgan fingerprint density at radius 3 is 2.13 bits per heavy atom. The molecule has 0 radical (unpaired) electrons. The second-order valence-corrected chi connectivity index (χ2v) is 12.0. The van der Waals surface area contributed by atoms with E-state index in [4.69, 9.17) is 18.9 Å². The number of nitrogens with zero attached hydrogens (tertiary/aromatic N) is 1. The summed E-state index contributed by atoms with van der Waals surface area (Å²) in [5.74, 6) is -1.25. The fourth-order valence-electron chi connectivity index (χ4n) is 2.88. The molecule has 1 N–H and O–H groups in total. The van der Waals surface area contributed by atoms with Crippen molar-refractivity contribution in [1.29, 1.82) is 0 Å². The van der Waals surface area contributed by atoms with Crippen molar-refractivity contribution in [1.82, 2.24) is 10.2 Å². The third kappa shape index (κ3) is 9.34. The van der Waals surface area contributed by atoms with Crippen molar-refractivity contribution < 1.29 is 38.1 Å². The number of nitrogens with one attached hydrogen (secondary N) is 1. The monoisotopic (exact) mass is 642 g/mol. The lowest BCUT2D eigenvalue weighted by Gasteiger charge is -2.26. The first-order valence-corrected chi connectivity index (χ1v) is 13.1. The van der Waals surface area contributed by atoms with Crippen LogP contribution in [0.15, 0.2) is 40.1 Å². The standard InChI is InChI=1S/C27H35IN2O8/c1-26(2,3)23(32)37-19-11-10-17(15-20(19)38-24(33)27(4,5)6)12-13-29-25(34)36-16-35-22(31)21-18(28)9-8-14-30(21)7/h8-11,14-15,21H,12-13,16H2,1-7H3,(H,29,34). The number of carbonyl (C=O) groups excluding carboxylic acids is 4. The second kappa shape index (κ2) is 13.1. The number of carbonyl (C=O) groups is 4. The van der Waals surface area contributed by atoms with Crippen molar-refractivity contribution in [3.8, 4) is 11.5 Å². The predicted octanol–water partition coefficient (Wildman–Crippen LogP) is 4.51. The van der Waals surface area contributed by atoms with E-state index in [0.717, 1.165) is 9.14 Å². The molecule has 208 valence electrons. The molecule has 10 nitrogen and oxygen atoms in total. The summed E-state index contributed by atoms with van der Waals surface area (Å²) in [7, 11) is 1.75. The molecule has 1 heterocycles. The van der Waals surface area contributed by atoms with Crippen LogP contribution in [0, 0.1) is 10.8 Å². The van der Waals surface area contributed by atoms with Crippen LogP contribution in [0.5, 0.6) is 11.5 Å². The van der Waals surface area contributed by atoms with Gasteiger partial charge in [-0.3, -0.25) is 9.59 Å². The molecule has 0 fully saturated rings. The molecule has 11 heteroatoms. The molecule has 1 aromatic rings. The number of ether oxygens (including phenoxy) is 4. The molecule has 1 unspecified atom stereocenters. The summed E-state index contributed by atoms with van der Waals surface area (Å²) in [6.07, 6.45) is 4.98. The highest BCUT2D eigenvalue weighted by molar-refractivity contribution is 14.1. The summed E-state index contributed by atoms with van der Waals surface area (Å²) in [5, 5.41) is 2.57. The highest BCUT2D eigenvalue weighted by Gasteiger charge is 2.29. The van der Waals surface area contributed by atoms with Gasteiger partial charge in [0, 0.05) is 17.2 Å². The molecule has 0 saturated heterocycles. The van der Waals surface area contributed by atoms with E-state index >= 15 is 0 Å². The molecule has 38 heavy (non-hydrogen) atoms. The first-order valence-electron chi connectivity index (χ1n) is 12.0. The molecule has 0 aromatic heterocycles. The maximum atomic E-state index is 12.5. The van der Waals surface area contributed by atoms with Gasteiger partial charge < -0.3 is 29.2 Å². The highest BCUT2D eigenvalue weighted by Crippen LogP contribution is 2.32. The molecule has 1 atom stereocenters. The first-order chi connectivity index (χ1) is 17.6. The van der Waals surface area contributed by atoms with Crippen LogP contribution in [0.25, 0.3) is 0 Å². The van der Waals surface area contributed by atoms with Gasteiger partial charge in [-0.25, -0.2) is 9.59 Å². The molecular weight excluding hydrogens is 607 g/mol. The quantitative estimate of drug-likeness (QED) is 0.189. The number of amides is 1. The number of allylic oxidation sites excluding steroid dienone is 2. The maximum absolute atomic E-state index is 12.5. The number of rotatable bonds is 8. The Morgan fingerprint density at radius 1 is 0.947 bits per heavy atom. The van der Waals surface area contributed by atoms with Gasteiger partial charge in [-0.15, -0.1) is 0 Å². The van der Waals surface area contributed by atoms with Gasteiger partial charge in [0.15, 0.2) is 17.5 Å². The van der Waals surface area contributed by atoms with Crippen molar-refractivity contribution in [2.45, 2.75) is 54.0 Å². The second-order valence-electron chi connectivity index (χ2n) is 10.7. The van der Waals surface area contributed by atoms with Crippen molar-refractivity contribution in [3.05, 3.63) is 45.7 Å². The molecule has 0 saturated carbocycles. The summed E-state index contributed by atoms with van der Waals surface area (Å²) in [5.41, 5.74) is -0.798. The van der Waals surface area contributed by atoms with Crippen LogP contribution in [0.1, 0.15) is 47.1 Å². The average molecular weight is 642 g/mol. The van der Waals surface area contributed by atoms with Crippen LogP contribution in [0.4, 0.5) is 4.79 Å². The minimum absolute atomic E-state index is 0.112. The third-order valence-electron chi connectivity index (χ3n) is 5.18. The van der Waals surface area contributed by atoms with E-state index in [-0.39, 0.29) is 18.0 Å². The number of likely N-dealkylation sites (N-methyl/N-ethyl adjacent to an activating group) is 1. The summed E-state index contributed by atoms with van der Waals surface area (Å²) in [4.78, 5) is 50.9. The van der Waals surface area contributed by atoms with Gasteiger partial charge in [-0.2, -0.15) is 0 Å². The van der Waals surface area contributed by atoms with Gasteiger partial charge in [-0.05, 0) is 107 Å². The molecule has 1 aliphatic heterocycles. The van der Waals surface area contributed by atoms with E-state index < -0.39 is 47.7 Å². The Balaban J connectivity index is 1.93. The molecular formula is C27H35IN2O8. The zero-order valence-electron chi connectivity index (χ0n) is 22.8. The average Bonchev–Trinajstić information content (AvgIpc) is 2.79. The van der Waals surface area contributed by atoms with Crippen LogP contribution >= 0.6 is 22.6 Å². The molecule has 1 amide bonds. The fourth-order valence-corrected chi connectivity index (χ4v) is 3.78. The lowest BCUT2D eigenvalue weighted by atomic mass is 9.97. The van der Waals surface area contributed by atoms with Gasteiger partial charge in [0.05, 0.1) is 10.8 Å².